The molecule has 0 aliphatic heterocycles. The Morgan fingerprint density at radius 2 is 0.875 bits per heavy atom. The highest BCUT2D eigenvalue weighted by molar-refractivity contribution is 5.66. The lowest BCUT2D eigenvalue weighted by Gasteiger charge is -2.39. The molecule has 0 aliphatic carbocycles. The lowest BCUT2D eigenvalue weighted by atomic mass is 10.1. The molecule has 0 fully saturated rings. The molecule has 0 aromatic rings. The summed E-state index contributed by atoms with van der Waals surface area (Å²) >= 11 is 0. The Morgan fingerprint density at radius 3 is 1.27 bits per heavy atom. The van der Waals surface area contributed by atoms with Gasteiger partial charge < -0.3 is 24.6 Å². The number of allylic oxidation sites excluding steroid dienone is 2. The average molecular weight is 568 g/mol. The van der Waals surface area contributed by atoms with E-state index in [0.29, 0.717) is 43.4 Å². The fourth-order valence-corrected chi connectivity index (χ4v) is 5.59. The second-order valence-electron chi connectivity index (χ2n) is 11.7. The minimum Gasteiger partial charge on any atom is -0.550 e. The Bertz CT molecular complexity index is 613. The minimum atomic E-state index is -1.08. The summed E-state index contributed by atoms with van der Waals surface area (Å²) in [6, 6.07) is 0. The van der Waals surface area contributed by atoms with Crippen LogP contribution in [0.3, 0.4) is 0 Å². The van der Waals surface area contributed by atoms with Gasteiger partial charge in [0.05, 0.1) is 39.0 Å². The van der Waals surface area contributed by atoms with Crippen molar-refractivity contribution in [3.05, 3.63) is 12.2 Å². The number of carboxylic acids is 3. The zero-order valence-electron chi connectivity index (χ0n) is 25.7. The molecule has 0 rings (SSSR count). The molecule has 0 heterocycles. The molecule has 0 radical (unpaired) electrons. The van der Waals surface area contributed by atoms with Gasteiger partial charge in [-0.15, -0.1) is 0 Å². The third-order valence-corrected chi connectivity index (χ3v) is 7.95. The first-order valence-corrected chi connectivity index (χ1v) is 16.4. The molecule has 0 spiro atoms. The largest absolute Gasteiger partial charge is 0.550 e. The van der Waals surface area contributed by atoms with E-state index in [-0.39, 0.29) is 19.3 Å². The standard InChI is InChI=1S/C33H61NO6/c1-2-3-4-5-6-7-8-9-10-11-12-13-14-15-16-17-18-19-20-27-34(28-21-24-31(35)36,29-22-25-32(37)38)30-23-26-33(39)40/h12-13H,2-11,14-30H2,1H3,(H2-,35,36,37,38,39,40)/b13-12+. The van der Waals surface area contributed by atoms with Crippen LogP contribution in [0, 0.1) is 0 Å². The Kier molecular flexibility index (Phi) is 26.0. The van der Waals surface area contributed by atoms with Crippen LogP contribution >= 0.6 is 0 Å². The molecule has 234 valence electrons. The van der Waals surface area contributed by atoms with E-state index < -0.39 is 17.9 Å². The predicted molar refractivity (Wildman–Crippen MR) is 161 cm³/mol. The third kappa shape index (κ3) is 26.3. The smallest absolute Gasteiger partial charge is 0.303 e. The van der Waals surface area contributed by atoms with Gasteiger partial charge in [0.1, 0.15) is 0 Å². The van der Waals surface area contributed by atoms with Gasteiger partial charge in [0.25, 0.3) is 0 Å². The van der Waals surface area contributed by atoms with Gasteiger partial charge in [-0.05, 0) is 44.9 Å². The van der Waals surface area contributed by atoms with Crippen LogP contribution in [0.4, 0.5) is 0 Å². The predicted octanol–water partition coefficient (Wildman–Crippen LogP) is 7.27. The lowest BCUT2D eigenvalue weighted by Crippen LogP contribution is -2.51. The fourth-order valence-electron chi connectivity index (χ4n) is 5.59. The number of carbonyl (C=O) groups is 3. The number of unbranched alkanes of at least 4 members (excludes halogenated alkanes) is 15. The normalized spacial score (nSPS) is 11.8. The van der Waals surface area contributed by atoms with Crippen LogP contribution in [0.25, 0.3) is 0 Å². The number of nitrogens with zero attached hydrogens (tertiary/aromatic N) is 1. The summed E-state index contributed by atoms with van der Waals surface area (Å²) in [5.74, 6) is -2.75. The summed E-state index contributed by atoms with van der Waals surface area (Å²) in [6.07, 6.45) is 27.9. The zero-order chi connectivity index (χ0) is 29.7. The molecule has 40 heavy (non-hydrogen) atoms. The van der Waals surface area contributed by atoms with Crippen LogP contribution in [-0.4, -0.2) is 58.8 Å². The van der Waals surface area contributed by atoms with Gasteiger partial charge in [-0.2, -0.15) is 0 Å². The molecule has 0 saturated carbocycles. The van der Waals surface area contributed by atoms with E-state index in [2.05, 4.69) is 19.1 Å². The molecule has 0 unspecified atom stereocenters. The second-order valence-corrected chi connectivity index (χ2v) is 11.7. The zero-order valence-corrected chi connectivity index (χ0v) is 25.7. The Labute approximate surface area is 245 Å². The summed E-state index contributed by atoms with van der Waals surface area (Å²) in [4.78, 5) is 33.1. The van der Waals surface area contributed by atoms with Crippen LogP contribution in [-0.2, 0) is 14.4 Å². The number of quaternary nitrogens is 1. The first-order chi connectivity index (χ1) is 19.3. The van der Waals surface area contributed by atoms with Crippen molar-refractivity contribution in [2.45, 2.75) is 155 Å². The third-order valence-electron chi connectivity index (χ3n) is 7.95. The highest BCUT2D eigenvalue weighted by atomic mass is 16.4. The molecule has 0 aliphatic rings. The van der Waals surface area contributed by atoms with Gasteiger partial charge in [0.2, 0.25) is 0 Å². The summed E-state index contributed by atoms with van der Waals surface area (Å²) in [7, 11) is 0. The van der Waals surface area contributed by atoms with Crippen molar-refractivity contribution in [3.63, 3.8) is 0 Å². The lowest BCUT2D eigenvalue weighted by molar-refractivity contribution is -0.929. The van der Waals surface area contributed by atoms with Gasteiger partial charge >= 0.3 is 11.9 Å². The molecule has 0 amide bonds. The number of carbonyl (C=O) groups excluding carboxylic acids is 1. The van der Waals surface area contributed by atoms with Crippen LogP contribution in [0.5, 0.6) is 0 Å². The first kappa shape index (κ1) is 38.1. The van der Waals surface area contributed by atoms with Crippen molar-refractivity contribution < 1.29 is 34.2 Å². The topological polar surface area (TPSA) is 115 Å². The molecular weight excluding hydrogens is 506 g/mol. The van der Waals surface area contributed by atoms with Crippen LogP contribution in [0.2, 0.25) is 0 Å². The first-order valence-electron chi connectivity index (χ1n) is 16.4. The van der Waals surface area contributed by atoms with Crippen molar-refractivity contribution in [3.8, 4) is 0 Å². The van der Waals surface area contributed by atoms with E-state index in [0.717, 1.165) is 32.2 Å². The van der Waals surface area contributed by atoms with Crippen molar-refractivity contribution in [2.24, 2.45) is 0 Å². The monoisotopic (exact) mass is 567 g/mol. The molecule has 0 saturated heterocycles. The maximum absolute atomic E-state index is 11.1. The van der Waals surface area contributed by atoms with Crippen molar-refractivity contribution in [1.82, 2.24) is 0 Å². The van der Waals surface area contributed by atoms with Gasteiger partial charge in [-0.25, -0.2) is 0 Å². The second kappa shape index (κ2) is 27.3. The Balaban J connectivity index is 4.16. The maximum atomic E-state index is 11.1. The highest BCUT2D eigenvalue weighted by Crippen LogP contribution is 2.18. The molecule has 0 aromatic heterocycles. The molecule has 0 bridgehead atoms. The molecular formula is C33H61NO6. The van der Waals surface area contributed by atoms with Crippen molar-refractivity contribution >= 4 is 17.9 Å². The number of rotatable bonds is 31. The van der Waals surface area contributed by atoms with Gasteiger partial charge in [-0.3, -0.25) is 9.59 Å². The van der Waals surface area contributed by atoms with E-state index in [1.54, 1.807) is 0 Å². The van der Waals surface area contributed by atoms with Gasteiger partial charge in [-0.1, -0.05) is 89.7 Å². The van der Waals surface area contributed by atoms with Crippen molar-refractivity contribution in [1.29, 1.82) is 0 Å². The Hall–Kier alpha value is -1.89. The number of hydrogen-bond acceptors (Lipinski definition) is 4. The number of aliphatic carboxylic acids is 3. The summed E-state index contributed by atoms with van der Waals surface area (Å²) in [5.41, 5.74) is 0. The molecule has 7 nitrogen and oxygen atoms in total. The van der Waals surface area contributed by atoms with Crippen molar-refractivity contribution in [2.75, 3.05) is 26.2 Å². The summed E-state index contributed by atoms with van der Waals surface area (Å²) < 4.78 is 0.609. The molecule has 0 atom stereocenters. The van der Waals surface area contributed by atoms with Crippen LogP contribution in [0.1, 0.15) is 155 Å². The van der Waals surface area contributed by atoms with E-state index in [9.17, 15) is 19.5 Å². The molecule has 0 aromatic carbocycles. The SMILES string of the molecule is CCCCCCCCCCC/C=C/CCCCCCCC[N+](CCCC(=O)[O-])(CCCC(=O)O)CCCC(=O)O. The van der Waals surface area contributed by atoms with Gasteiger partial charge in [0, 0.05) is 25.2 Å². The maximum Gasteiger partial charge on any atom is 0.303 e. The molecule has 2 N–H and O–H groups in total. The van der Waals surface area contributed by atoms with E-state index in [1.807, 2.05) is 0 Å². The number of carboxylic acid groups (broad SMARTS) is 3. The highest BCUT2D eigenvalue weighted by Gasteiger charge is 2.26. The number of hydrogen-bond donors (Lipinski definition) is 2. The Morgan fingerprint density at radius 1 is 0.525 bits per heavy atom. The quantitative estimate of drug-likeness (QED) is 0.0517. The van der Waals surface area contributed by atoms with Crippen LogP contribution < -0.4 is 5.11 Å². The minimum absolute atomic E-state index is 0.0223. The fraction of sp³-hybridized carbons (Fsp3) is 0.848. The summed E-state index contributed by atoms with van der Waals surface area (Å²) in [6.45, 7) is 5.02. The van der Waals surface area contributed by atoms with Crippen LogP contribution in [0.15, 0.2) is 12.2 Å². The van der Waals surface area contributed by atoms with E-state index in [1.165, 1.54) is 83.5 Å². The average Bonchev–Trinajstić information content (AvgIpc) is 2.89. The molecule has 7 heteroatoms. The van der Waals surface area contributed by atoms with Gasteiger partial charge in [0.15, 0.2) is 0 Å². The summed E-state index contributed by atoms with van der Waals surface area (Å²) in [5, 5.41) is 29.1. The van der Waals surface area contributed by atoms with E-state index in [4.69, 9.17) is 10.2 Å². The van der Waals surface area contributed by atoms with E-state index >= 15 is 0 Å².